The standard InChI is InChI=1S/C14H16N2O5/c1-4-20-13(18)9-10(14(19)21-5-2)16-7-6-8(3)11(17)12(16)15-9/h6-7,17H,4-5H2,1-3H3. The van der Waals surface area contributed by atoms with E-state index < -0.39 is 11.9 Å². The van der Waals surface area contributed by atoms with Gasteiger partial charge in [-0.05, 0) is 32.4 Å². The molecule has 2 heterocycles. The number of nitrogens with zero attached hydrogens (tertiary/aromatic N) is 2. The maximum atomic E-state index is 12.1. The highest BCUT2D eigenvalue weighted by molar-refractivity contribution is 6.02. The summed E-state index contributed by atoms with van der Waals surface area (Å²) in [6.45, 7) is 5.32. The number of imidazole rings is 1. The van der Waals surface area contributed by atoms with Crippen LogP contribution >= 0.6 is 0 Å². The van der Waals surface area contributed by atoms with Gasteiger partial charge in [0.2, 0.25) is 0 Å². The summed E-state index contributed by atoms with van der Waals surface area (Å²) in [5.74, 6) is -1.53. The van der Waals surface area contributed by atoms with Crippen LogP contribution in [0.1, 0.15) is 40.4 Å². The number of esters is 2. The molecule has 0 aliphatic rings. The van der Waals surface area contributed by atoms with Crippen LogP contribution in [0.2, 0.25) is 0 Å². The van der Waals surface area contributed by atoms with Crippen molar-refractivity contribution in [3.8, 4) is 5.75 Å². The number of rotatable bonds is 4. The van der Waals surface area contributed by atoms with Gasteiger partial charge in [0.1, 0.15) is 0 Å². The molecular weight excluding hydrogens is 276 g/mol. The lowest BCUT2D eigenvalue weighted by Gasteiger charge is -2.05. The van der Waals surface area contributed by atoms with Crippen molar-refractivity contribution in [1.82, 2.24) is 9.38 Å². The Morgan fingerprint density at radius 3 is 2.48 bits per heavy atom. The zero-order valence-corrected chi connectivity index (χ0v) is 12.0. The van der Waals surface area contributed by atoms with Crippen LogP contribution in [-0.2, 0) is 9.47 Å². The van der Waals surface area contributed by atoms with Crippen molar-refractivity contribution in [3.63, 3.8) is 0 Å². The van der Waals surface area contributed by atoms with E-state index in [1.54, 1.807) is 33.0 Å². The van der Waals surface area contributed by atoms with Crippen molar-refractivity contribution in [2.24, 2.45) is 0 Å². The molecular formula is C14H16N2O5. The molecule has 0 radical (unpaired) electrons. The van der Waals surface area contributed by atoms with Gasteiger partial charge in [0.25, 0.3) is 0 Å². The number of aromatic nitrogens is 2. The summed E-state index contributed by atoms with van der Waals surface area (Å²) >= 11 is 0. The van der Waals surface area contributed by atoms with E-state index in [1.165, 1.54) is 4.40 Å². The molecule has 0 unspecified atom stereocenters. The molecule has 0 atom stereocenters. The normalized spacial score (nSPS) is 10.6. The molecule has 0 saturated carbocycles. The van der Waals surface area contributed by atoms with Crippen LogP contribution in [0.5, 0.6) is 5.75 Å². The molecule has 2 aromatic rings. The molecule has 0 fully saturated rings. The molecule has 0 bridgehead atoms. The second-order valence-electron chi connectivity index (χ2n) is 4.29. The smallest absolute Gasteiger partial charge is 0.359 e. The fourth-order valence-electron chi connectivity index (χ4n) is 1.92. The maximum absolute atomic E-state index is 12.1. The molecule has 2 aromatic heterocycles. The predicted molar refractivity (Wildman–Crippen MR) is 73.5 cm³/mol. The molecule has 0 amide bonds. The summed E-state index contributed by atoms with van der Waals surface area (Å²) in [6, 6.07) is 1.61. The summed E-state index contributed by atoms with van der Waals surface area (Å²) in [6.07, 6.45) is 1.55. The summed E-state index contributed by atoms with van der Waals surface area (Å²) < 4.78 is 11.2. The van der Waals surface area contributed by atoms with Crippen LogP contribution in [0.25, 0.3) is 5.65 Å². The van der Waals surface area contributed by atoms with Crippen molar-refractivity contribution >= 4 is 17.6 Å². The Kier molecular flexibility index (Phi) is 4.11. The first kappa shape index (κ1) is 14.8. The van der Waals surface area contributed by atoms with E-state index in [-0.39, 0.29) is 36.0 Å². The minimum Gasteiger partial charge on any atom is -0.504 e. The first-order valence-corrected chi connectivity index (χ1v) is 6.56. The highest BCUT2D eigenvalue weighted by Crippen LogP contribution is 2.25. The fourth-order valence-corrected chi connectivity index (χ4v) is 1.92. The molecule has 7 nitrogen and oxygen atoms in total. The average molecular weight is 292 g/mol. The second-order valence-corrected chi connectivity index (χ2v) is 4.29. The Morgan fingerprint density at radius 2 is 1.86 bits per heavy atom. The fraction of sp³-hybridized carbons (Fsp3) is 0.357. The first-order valence-electron chi connectivity index (χ1n) is 6.56. The number of hydrogen-bond donors (Lipinski definition) is 1. The van der Waals surface area contributed by atoms with E-state index in [0.717, 1.165) is 0 Å². The molecule has 21 heavy (non-hydrogen) atoms. The third kappa shape index (κ3) is 2.54. The van der Waals surface area contributed by atoms with Crippen LogP contribution in [0, 0.1) is 6.92 Å². The highest BCUT2D eigenvalue weighted by Gasteiger charge is 2.27. The molecule has 2 rings (SSSR count). The van der Waals surface area contributed by atoms with Gasteiger partial charge in [0, 0.05) is 6.20 Å². The third-order valence-electron chi connectivity index (χ3n) is 2.91. The minimum absolute atomic E-state index is 0.0550. The monoisotopic (exact) mass is 292 g/mol. The van der Waals surface area contributed by atoms with Crippen molar-refractivity contribution < 1.29 is 24.2 Å². The number of fused-ring (bicyclic) bond motifs is 1. The topological polar surface area (TPSA) is 90.1 Å². The van der Waals surface area contributed by atoms with Crippen LogP contribution in [0.3, 0.4) is 0 Å². The summed E-state index contributed by atoms with van der Waals surface area (Å²) in [5.41, 5.74) is 0.469. The van der Waals surface area contributed by atoms with E-state index in [1.807, 2.05) is 0 Å². The molecule has 0 spiro atoms. The van der Waals surface area contributed by atoms with Crippen molar-refractivity contribution in [2.75, 3.05) is 13.2 Å². The number of aromatic hydroxyl groups is 1. The number of hydrogen-bond acceptors (Lipinski definition) is 6. The second kappa shape index (κ2) is 5.82. The number of aryl methyl sites for hydroxylation is 1. The van der Waals surface area contributed by atoms with Crippen LogP contribution < -0.4 is 0 Å². The van der Waals surface area contributed by atoms with Gasteiger partial charge >= 0.3 is 11.9 Å². The largest absolute Gasteiger partial charge is 0.504 e. The lowest BCUT2D eigenvalue weighted by Crippen LogP contribution is -2.15. The minimum atomic E-state index is -0.735. The quantitative estimate of drug-likeness (QED) is 0.863. The number of ether oxygens (including phenoxy) is 2. The molecule has 0 saturated heterocycles. The van der Waals surface area contributed by atoms with E-state index in [9.17, 15) is 14.7 Å². The molecule has 0 aliphatic carbocycles. The molecule has 1 N–H and O–H groups in total. The van der Waals surface area contributed by atoms with Crippen molar-refractivity contribution in [1.29, 1.82) is 0 Å². The summed E-state index contributed by atoms with van der Waals surface area (Å²) in [7, 11) is 0. The Labute approximate surface area is 121 Å². The molecule has 0 aliphatic heterocycles. The third-order valence-corrected chi connectivity index (χ3v) is 2.91. The van der Waals surface area contributed by atoms with Crippen LogP contribution in [0.15, 0.2) is 12.3 Å². The van der Waals surface area contributed by atoms with E-state index in [0.29, 0.717) is 5.56 Å². The highest BCUT2D eigenvalue weighted by atomic mass is 16.5. The predicted octanol–water partition coefficient (Wildman–Crippen LogP) is 1.70. The lowest BCUT2D eigenvalue weighted by molar-refractivity contribution is 0.0470. The van der Waals surface area contributed by atoms with Gasteiger partial charge in [0.15, 0.2) is 22.8 Å². The van der Waals surface area contributed by atoms with Crippen molar-refractivity contribution in [2.45, 2.75) is 20.8 Å². The zero-order chi connectivity index (χ0) is 15.6. The molecule has 7 heteroatoms. The van der Waals surface area contributed by atoms with Gasteiger partial charge in [-0.3, -0.25) is 4.40 Å². The number of carbonyl (C=O) groups excluding carboxylic acids is 2. The molecule has 112 valence electrons. The number of carbonyl (C=O) groups is 2. The van der Waals surface area contributed by atoms with E-state index in [2.05, 4.69) is 4.98 Å². The number of pyridine rings is 1. The van der Waals surface area contributed by atoms with Crippen LogP contribution in [-0.4, -0.2) is 39.6 Å². The van der Waals surface area contributed by atoms with Gasteiger partial charge in [-0.2, -0.15) is 0 Å². The van der Waals surface area contributed by atoms with Crippen LogP contribution in [0.4, 0.5) is 0 Å². The SMILES string of the molecule is CCOC(=O)c1nc2c(O)c(C)ccn2c1C(=O)OCC. The summed E-state index contributed by atoms with van der Waals surface area (Å²) in [4.78, 5) is 28.1. The van der Waals surface area contributed by atoms with Gasteiger partial charge in [-0.25, -0.2) is 14.6 Å². The maximum Gasteiger partial charge on any atom is 0.359 e. The lowest BCUT2D eigenvalue weighted by atomic mass is 10.2. The zero-order valence-electron chi connectivity index (χ0n) is 12.0. The van der Waals surface area contributed by atoms with Crippen molar-refractivity contribution in [3.05, 3.63) is 29.2 Å². The van der Waals surface area contributed by atoms with Gasteiger partial charge in [-0.1, -0.05) is 0 Å². The average Bonchev–Trinajstić information content (AvgIpc) is 2.84. The summed E-state index contributed by atoms with van der Waals surface area (Å²) in [5, 5.41) is 10.0. The Hall–Kier alpha value is -2.57. The Balaban J connectivity index is 2.71. The Morgan fingerprint density at radius 1 is 1.24 bits per heavy atom. The van der Waals surface area contributed by atoms with Gasteiger partial charge in [-0.15, -0.1) is 0 Å². The van der Waals surface area contributed by atoms with Gasteiger partial charge in [0.05, 0.1) is 13.2 Å². The van der Waals surface area contributed by atoms with E-state index >= 15 is 0 Å². The van der Waals surface area contributed by atoms with Gasteiger partial charge < -0.3 is 14.6 Å². The Bertz CT molecular complexity index is 705. The molecule has 0 aromatic carbocycles. The van der Waals surface area contributed by atoms with E-state index in [4.69, 9.17) is 9.47 Å². The first-order chi connectivity index (χ1) is 10.0.